The summed E-state index contributed by atoms with van der Waals surface area (Å²) in [5.41, 5.74) is 0. The zero-order valence-electron chi connectivity index (χ0n) is 16.5. The Kier molecular flexibility index (Phi) is 11.2. The molecule has 0 radical (unpaired) electrons. The molecule has 0 saturated carbocycles. The molecule has 5 nitrogen and oxygen atoms in total. The normalized spacial score (nSPS) is 22.4. The number of carbonyl (C=O) groups excluding carboxylic acids is 2. The van der Waals surface area contributed by atoms with Crippen LogP contribution < -0.4 is 0 Å². The zero-order valence-corrected chi connectivity index (χ0v) is 16.5. The SMILES string of the molecule is CC(=O)CCCCCCCCCCCCC[C@@H]1OC(=O)[C@H](C)[C@@H]1C(=O)O. The minimum atomic E-state index is -0.922. The molecule has 0 spiro atoms. The summed E-state index contributed by atoms with van der Waals surface area (Å²) in [5, 5.41) is 9.24. The summed E-state index contributed by atoms with van der Waals surface area (Å²) in [6, 6.07) is 0. The third kappa shape index (κ3) is 8.81. The second-order valence-corrected chi connectivity index (χ2v) is 7.76. The summed E-state index contributed by atoms with van der Waals surface area (Å²) in [6.45, 7) is 3.30. The molecular formula is C21H36O5. The van der Waals surface area contributed by atoms with Gasteiger partial charge in [0.15, 0.2) is 0 Å². The number of esters is 1. The molecule has 0 aromatic carbocycles. The van der Waals surface area contributed by atoms with Gasteiger partial charge in [0.05, 0.1) is 5.92 Å². The van der Waals surface area contributed by atoms with Crippen molar-refractivity contribution in [3.63, 3.8) is 0 Å². The monoisotopic (exact) mass is 368 g/mol. The Hall–Kier alpha value is -1.39. The fourth-order valence-electron chi connectivity index (χ4n) is 3.72. The molecule has 1 N–H and O–H groups in total. The van der Waals surface area contributed by atoms with Gasteiger partial charge in [0.1, 0.15) is 17.8 Å². The fraction of sp³-hybridized carbons (Fsp3) is 0.857. The molecule has 1 heterocycles. The lowest BCUT2D eigenvalue weighted by Crippen LogP contribution is -2.27. The third-order valence-electron chi connectivity index (χ3n) is 5.38. The van der Waals surface area contributed by atoms with E-state index in [9.17, 15) is 19.5 Å². The minimum Gasteiger partial charge on any atom is -0.481 e. The highest BCUT2D eigenvalue weighted by Gasteiger charge is 2.45. The van der Waals surface area contributed by atoms with Gasteiger partial charge in [-0.25, -0.2) is 0 Å². The molecule has 0 unspecified atom stereocenters. The van der Waals surface area contributed by atoms with Gasteiger partial charge in [-0.05, 0) is 26.2 Å². The summed E-state index contributed by atoms with van der Waals surface area (Å²) in [4.78, 5) is 33.6. The standard InChI is InChI=1S/C21H36O5/c1-16(22)14-12-10-8-6-4-3-5-7-9-11-13-15-18-19(20(23)24)17(2)21(25)26-18/h17-19H,3-15H2,1-2H3,(H,23,24)/t17-,18+,19+/m1/s1. The predicted octanol–water partition coefficient (Wildman–Crippen LogP) is 4.91. The molecule has 1 fully saturated rings. The van der Waals surface area contributed by atoms with Crippen LogP contribution in [0.1, 0.15) is 97.3 Å². The summed E-state index contributed by atoms with van der Waals surface area (Å²) in [6.07, 6.45) is 13.8. The Morgan fingerprint density at radius 2 is 1.35 bits per heavy atom. The fourth-order valence-corrected chi connectivity index (χ4v) is 3.72. The van der Waals surface area contributed by atoms with E-state index in [0.29, 0.717) is 12.2 Å². The number of hydrogen-bond donors (Lipinski definition) is 1. The number of unbranched alkanes of at least 4 members (excludes halogenated alkanes) is 10. The second-order valence-electron chi connectivity index (χ2n) is 7.76. The van der Waals surface area contributed by atoms with Crippen molar-refractivity contribution < 1.29 is 24.2 Å². The first-order chi connectivity index (χ1) is 12.4. The number of carboxylic acids is 1. The van der Waals surface area contributed by atoms with Crippen molar-refractivity contribution in [2.75, 3.05) is 0 Å². The third-order valence-corrected chi connectivity index (χ3v) is 5.38. The van der Waals surface area contributed by atoms with Crippen LogP contribution in [0.3, 0.4) is 0 Å². The van der Waals surface area contributed by atoms with Crippen LogP contribution >= 0.6 is 0 Å². The largest absolute Gasteiger partial charge is 0.481 e. The van der Waals surface area contributed by atoms with E-state index >= 15 is 0 Å². The topological polar surface area (TPSA) is 80.7 Å². The van der Waals surface area contributed by atoms with E-state index in [0.717, 1.165) is 32.1 Å². The molecule has 5 heteroatoms. The number of ketones is 1. The molecule has 1 aliphatic rings. The highest BCUT2D eigenvalue weighted by molar-refractivity contribution is 5.84. The average molecular weight is 369 g/mol. The predicted molar refractivity (Wildman–Crippen MR) is 101 cm³/mol. The van der Waals surface area contributed by atoms with Crippen LogP contribution in [-0.2, 0) is 19.1 Å². The number of Topliss-reactive ketones (excluding diaryl/α,β-unsaturated/α-hetero) is 1. The number of carbonyl (C=O) groups is 3. The van der Waals surface area contributed by atoms with Crippen molar-refractivity contribution in [3.05, 3.63) is 0 Å². The van der Waals surface area contributed by atoms with Crippen LogP contribution in [0.5, 0.6) is 0 Å². The van der Waals surface area contributed by atoms with Crippen molar-refractivity contribution in [1.82, 2.24) is 0 Å². The Morgan fingerprint density at radius 1 is 0.885 bits per heavy atom. The molecule has 1 saturated heterocycles. The van der Waals surface area contributed by atoms with Gasteiger partial charge < -0.3 is 14.6 Å². The van der Waals surface area contributed by atoms with E-state index in [4.69, 9.17) is 4.74 Å². The average Bonchev–Trinajstić information content (AvgIpc) is 2.86. The first-order valence-electron chi connectivity index (χ1n) is 10.4. The van der Waals surface area contributed by atoms with E-state index < -0.39 is 23.9 Å². The summed E-state index contributed by atoms with van der Waals surface area (Å²) >= 11 is 0. The number of ether oxygens (including phenoxy) is 1. The molecule has 0 aromatic rings. The molecule has 0 bridgehead atoms. The Labute approximate surface area is 157 Å². The van der Waals surface area contributed by atoms with E-state index in [1.807, 2.05) is 0 Å². The van der Waals surface area contributed by atoms with E-state index in [-0.39, 0.29) is 5.97 Å². The van der Waals surface area contributed by atoms with E-state index in [1.54, 1.807) is 13.8 Å². The van der Waals surface area contributed by atoms with Crippen LogP contribution in [0.25, 0.3) is 0 Å². The van der Waals surface area contributed by atoms with Gasteiger partial charge in [-0.3, -0.25) is 9.59 Å². The van der Waals surface area contributed by atoms with Gasteiger partial charge in [-0.2, -0.15) is 0 Å². The molecule has 0 amide bonds. The molecule has 3 atom stereocenters. The zero-order chi connectivity index (χ0) is 19.4. The molecule has 150 valence electrons. The van der Waals surface area contributed by atoms with E-state index in [1.165, 1.54) is 44.9 Å². The van der Waals surface area contributed by atoms with Gasteiger partial charge in [0.25, 0.3) is 0 Å². The van der Waals surface area contributed by atoms with Crippen molar-refractivity contribution in [3.8, 4) is 0 Å². The van der Waals surface area contributed by atoms with Gasteiger partial charge in [-0.1, -0.05) is 64.7 Å². The molecule has 0 aliphatic carbocycles. The maximum Gasteiger partial charge on any atom is 0.311 e. The quantitative estimate of drug-likeness (QED) is 0.328. The summed E-state index contributed by atoms with van der Waals surface area (Å²) in [5.74, 6) is -2.21. The molecular weight excluding hydrogens is 332 g/mol. The van der Waals surface area contributed by atoms with Crippen LogP contribution in [0.4, 0.5) is 0 Å². The van der Waals surface area contributed by atoms with Crippen molar-refractivity contribution in [2.45, 2.75) is 103 Å². The van der Waals surface area contributed by atoms with Crippen molar-refractivity contribution in [2.24, 2.45) is 11.8 Å². The van der Waals surface area contributed by atoms with Crippen LogP contribution in [0, 0.1) is 11.8 Å². The minimum absolute atomic E-state index is 0.295. The first kappa shape index (κ1) is 22.7. The number of rotatable bonds is 15. The Balaban J connectivity index is 1.93. The van der Waals surface area contributed by atoms with Gasteiger partial charge in [0.2, 0.25) is 0 Å². The maximum atomic E-state index is 11.5. The number of cyclic esters (lactones) is 1. The summed E-state index contributed by atoms with van der Waals surface area (Å²) < 4.78 is 5.22. The van der Waals surface area contributed by atoms with Crippen LogP contribution in [-0.4, -0.2) is 28.9 Å². The van der Waals surface area contributed by atoms with Gasteiger partial charge in [0, 0.05) is 6.42 Å². The Bertz CT molecular complexity index is 446. The number of hydrogen-bond acceptors (Lipinski definition) is 4. The van der Waals surface area contributed by atoms with Gasteiger partial charge in [-0.15, -0.1) is 0 Å². The Morgan fingerprint density at radius 3 is 1.81 bits per heavy atom. The maximum absolute atomic E-state index is 11.5. The highest BCUT2D eigenvalue weighted by atomic mass is 16.6. The van der Waals surface area contributed by atoms with Crippen molar-refractivity contribution in [1.29, 1.82) is 0 Å². The lowest BCUT2D eigenvalue weighted by Gasteiger charge is -2.15. The van der Waals surface area contributed by atoms with Gasteiger partial charge >= 0.3 is 11.9 Å². The first-order valence-corrected chi connectivity index (χ1v) is 10.4. The van der Waals surface area contributed by atoms with E-state index in [2.05, 4.69) is 0 Å². The number of aliphatic carboxylic acids is 1. The molecule has 1 rings (SSSR count). The lowest BCUT2D eigenvalue weighted by molar-refractivity contribution is -0.144. The molecule has 0 aromatic heterocycles. The molecule has 1 aliphatic heterocycles. The summed E-state index contributed by atoms with van der Waals surface area (Å²) in [7, 11) is 0. The number of carboxylic acid groups (broad SMARTS) is 1. The van der Waals surface area contributed by atoms with Crippen LogP contribution in [0.15, 0.2) is 0 Å². The van der Waals surface area contributed by atoms with Crippen molar-refractivity contribution >= 4 is 17.7 Å². The lowest BCUT2D eigenvalue weighted by atomic mass is 9.89. The second kappa shape index (κ2) is 12.9. The van der Waals surface area contributed by atoms with Crippen LogP contribution in [0.2, 0.25) is 0 Å². The molecule has 26 heavy (non-hydrogen) atoms. The smallest absolute Gasteiger partial charge is 0.311 e. The highest BCUT2D eigenvalue weighted by Crippen LogP contribution is 2.31.